The van der Waals surface area contributed by atoms with Crippen LogP contribution < -0.4 is 4.74 Å². The number of benzene rings is 2. The SMILES string of the molecule is CCCCOC1CCC(C2CCC(c3ccc(C4CCC(c5ccc(OCC)c(F)c5)CC4)cc3)CC2)CC1. The van der Waals surface area contributed by atoms with E-state index in [0.29, 0.717) is 30.3 Å². The van der Waals surface area contributed by atoms with Gasteiger partial charge < -0.3 is 9.47 Å². The Labute approximate surface area is 237 Å². The van der Waals surface area contributed by atoms with Crippen molar-refractivity contribution in [3.63, 3.8) is 0 Å². The molecular formula is C36H51FO2. The van der Waals surface area contributed by atoms with Crippen LogP contribution in [-0.2, 0) is 4.74 Å². The van der Waals surface area contributed by atoms with Gasteiger partial charge in [-0.2, -0.15) is 0 Å². The van der Waals surface area contributed by atoms with Gasteiger partial charge in [-0.05, 0) is 149 Å². The summed E-state index contributed by atoms with van der Waals surface area (Å²) in [6, 6.07) is 15.3. The highest BCUT2D eigenvalue weighted by Crippen LogP contribution is 2.45. The Morgan fingerprint density at radius 2 is 1.13 bits per heavy atom. The molecule has 0 bridgehead atoms. The average molecular weight is 535 g/mol. The topological polar surface area (TPSA) is 18.5 Å². The Bertz CT molecular complexity index is 993. The third-order valence-electron chi connectivity index (χ3n) is 10.3. The predicted molar refractivity (Wildman–Crippen MR) is 159 cm³/mol. The number of rotatable bonds is 10. The first-order chi connectivity index (χ1) is 19.1. The van der Waals surface area contributed by atoms with E-state index >= 15 is 0 Å². The molecule has 3 saturated carbocycles. The monoisotopic (exact) mass is 534 g/mol. The summed E-state index contributed by atoms with van der Waals surface area (Å²) in [5, 5.41) is 0. The molecule has 0 aliphatic heterocycles. The van der Waals surface area contributed by atoms with Gasteiger partial charge in [-0.1, -0.05) is 43.7 Å². The van der Waals surface area contributed by atoms with Crippen molar-refractivity contribution in [2.45, 2.75) is 128 Å². The van der Waals surface area contributed by atoms with Gasteiger partial charge in [0, 0.05) is 6.61 Å². The van der Waals surface area contributed by atoms with Crippen LogP contribution in [0.2, 0.25) is 0 Å². The average Bonchev–Trinajstić information content (AvgIpc) is 2.99. The van der Waals surface area contributed by atoms with Crippen molar-refractivity contribution in [1.82, 2.24) is 0 Å². The quantitative estimate of drug-likeness (QED) is 0.282. The molecular weight excluding hydrogens is 483 g/mol. The number of unbranched alkanes of at least 4 members (excludes halogenated alkanes) is 1. The normalized spacial score (nSPS) is 29.7. The second-order valence-electron chi connectivity index (χ2n) is 12.7. The highest BCUT2D eigenvalue weighted by molar-refractivity contribution is 5.33. The third-order valence-corrected chi connectivity index (χ3v) is 10.3. The summed E-state index contributed by atoms with van der Waals surface area (Å²) < 4.78 is 25.9. The van der Waals surface area contributed by atoms with Crippen LogP contribution in [0.1, 0.15) is 138 Å². The van der Waals surface area contributed by atoms with Gasteiger partial charge in [-0.15, -0.1) is 0 Å². The van der Waals surface area contributed by atoms with Gasteiger partial charge in [-0.25, -0.2) is 4.39 Å². The first-order valence-corrected chi connectivity index (χ1v) is 16.3. The maximum absolute atomic E-state index is 14.4. The Hall–Kier alpha value is -1.87. The Morgan fingerprint density at radius 1 is 0.641 bits per heavy atom. The lowest BCUT2D eigenvalue weighted by Crippen LogP contribution is -2.28. The van der Waals surface area contributed by atoms with Crippen LogP contribution in [0.5, 0.6) is 5.75 Å². The van der Waals surface area contributed by atoms with E-state index in [1.807, 2.05) is 6.92 Å². The molecule has 0 radical (unpaired) electrons. The zero-order valence-corrected chi connectivity index (χ0v) is 24.5. The molecule has 0 aromatic heterocycles. The second kappa shape index (κ2) is 14.2. The van der Waals surface area contributed by atoms with Gasteiger partial charge in [-0.3, -0.25) is 0 Å². The summed E-state index contributed by atoms with van der Waals surface area (Å²) in [6.07, 6.45) is 18.5. The maximum Gasteiger partial charge on any atom is 0.165 e. The van der Waals surface area contributed by atoms with E-state index in [2.05, 4.69) is 37.3 Å². The molecule has 0 atom stereocenters. The minimum absolute atomic E-state index is 0.221. The largest absolute Gasteiger partial charge is 0.491 e. The van der Waals surface area contributed by atoms with Crippen LogP contribution in [0.3, 0.4) is 0 Å². The maximum atomic E-state index is 14.4. The van der Waals surface area contributed by atoms with E-state index in [1.165, 1.54) is 82.6 Å². The van der Waals surface area contributed by atoms with Gasteiger partial charge in [0.2, 0.25) is 0 Å². The van der Waals surface area contributed by atoms with Crippen molar-refractivity contribution in [1.29, 1.82) is 0 Å². The van der Waals surface area contributed by atoms with Gasteiger partial charge in [0.1, 0.15) is 0 Å². The number of halogens is 1. The minimum atomic E-state index is -0.221. The summed E-state index contributed by atoms with van der Waals surface area (Å²) in [7, 11) is 0. The van der Waals surface area contributed by atoms with E-state index in [-0.39, 0.29) is 5.82 Å². The number of ether oxygens (including phenoxy) is 2. The Balaban J connectivity index is 1.05. The van der Waals surface area contributed by atoms with Crippen LogP contribution in [0.15, 0.2) is 42.5 Å². The molecule has 3 aliphatic rings. The van der Waals surface area contributed by atoms with Gasteiger partial charge in [0.05, 0.1) is 12.7 Å². The fourth-order valence-corrected chi connectivity index (χ4v) is 7.89. The molecule has 2 aromatic carbocycles. The first-order valence-electron chi connectivity index (χ1n) is 16.3. The van der Waals surface area contributed by atoms with Crippen molar-refractivity contribution in [3.8, 4) is 5.75 Å². The molecule has 0 unspecified atom stereocenters. The molecule has 2 nitrogen and oxygen atoms in total. The molecule has 0 spiro atoms. The second-order valence-corrected chi connectivity index (χ2v) is 12.7. The zero-order chi connectivity index (χ0) is 27.0. The molecule has 0 N–H and O–H groups in total. The highest BCUT2D eigenvalue weighted by Gasteiger charge is 2.32. The van der Waals surface area contributed by atoms with Gasteiger partial charge >= 0.3 is 0 Å². The van der Waals surface area contributed by atoms with Crippen molar-refractivity contribution in [2.24, 2.45) is 11.8 Å². The van der Waals surface area contributed by atoms with Crippen LogP contribution in [0, 0.1) is 17.7 Å². The fraction of sp³-hybridized carbons (Fsp3) is 0.667. The van der Waals surface area contributed by atoms with Crippen molar-refractivity contribution < 1.29 is 13.9 Å². The molecule has 5 rings (SSSR count). The van der Waals surface area contributed by atoms with Crippen LogP contribution in [0.4, 0.5) is 4.39 Å². The summed E-state index contributed by atoms with van der Waals surface area (Å²) in [5.41, 5.74) is 4.19. The predicted octanol–water partition coefficient (Wildman–Crippen LogP) is 10.3. The van der Waals surface area contributed by atoms with Crippen molar-refractivity contribution in [3.05, 3.63) is 65.0 Å². The summed E-state index contributed by atoms with van der Waals surface area (Å²) in [5.74, 6) is 3.88. The number of hydrogen-bond donors (Lipinski definition) is 0. The molecule has 3 aliphatic carbocycles. The molecule has 0 saturated heterocycles. The van der Waals surface area contributed by atoms with E-state index in [4.69, 9.17) is 9.47 Å². The summed E-state index contributed by atoms with van der Waals surface area (Å²) in [4.78, 5) is 0. The van der Waals surface area contributed by atoms with E-state index in [1.54, 1.807) is 17.7 Å². The van der Waals surface area contributed by atoms with E-state index in [0.717, 1.165) is 42.8 Å². The molecule has 0 heterocycles. The zero-order valence-electron chi connectivity index (χ0n) is 24.5. The highest BCUT2D eigenvalue weighted by atomic mass is 19.1. The first kappa shape index (κ1) is 28.7. The summed E-state index contributed by atoms with van der Waals surface area (Å²) in [6.45, 7) is 5.59. The van der Waals surface area contributed by atoms with E-state index in [9.17, 15) is 4.39 Å². The molecule has 2 aromatic rings. The Morgan fingerprint density at radius 3 is 1.64 bits per heavy atom. The third kappa shape index (κ3) is 7.46. The minimum Gasteiger partial charge on any atom is -0.491 e. The standard InChI is InChI=1S/C36H51FO2/c1-3-5-24-39-34-21-18-31(19-22-34)30-12-10-27(11-13-30)26-6-8-28(9-7-26)29-14-16-32(17-15-29)33-20-23-36(38-4-2)35(37)25-33/h6-9,20,23,25,27,29-32,34H,3-5,10-19,21-22,24H2,1-2H3. The number of hydrogen-bond acceptors (Lipinski definition) is 2. The summed E-state index contributed by atoms with van der Waals surface area (Å²) >= 11 is 0. The lowest BCUT2D eigenvalue weighted by Gasteiger charge is -2.38. The molecule has 3 heteroatoms. The lowest BCUT2D eigenvalue weighted by molar-refractivity contribution is 0.00675. The molecule has 3 fully saturated rings. The van der Waals surface area contributed by atoms with Crippen LogP contribution in [-0.4, -0.2) is 19.3 Å². The smallest absolute Gasteiger partial charge is 0.165 e. The van der Waals surface area contributed by atoms with Crippen molar-refractivity contribution >= 4 is 0 Å². The van der Waals surface area contributed by atoms with Crippen LogP contribution >= 0.6 is 0 Å². The molecule has 39 heavy (non-hydrogen) atoms. The van der Waals surface area contributed by atoms with Gasteiger partial charge in [0.15, 0.2) is 11.6 Å². The van der Waals surface area contributed by atoms with E-state index < -0.39 is 0 Å². The molecule has 214 valence electrons. The van der Waals surface area contributed by atoms with Crippen LogP contribution in [0.25, 0.3) is 0 Å². The fourth-order valence-electron chi connectivity index (χ4n) is 7.89. The van der Waals surface area contributed by atoms with Gasteiger partial charge in [0.25, 0.3) is 0 Å². The van der Waals surface area contributed by atoms with Crippen molar-refractivity contribution in [2.75, 3.05) is 13.2 Å². The molecule has 0 amide bonds. The Kier molecular flexibility index (Phi) is 10.4. The lowest BCUT2D eigenvalue weighted by atomic mass is 9.69.